The maximum absolute atomic E-state index is 11.6. The van der Waals surface area contributed by atoms with Crippen LogP contribution in [0.3, 0.4) is 0 Å². The average Bonchev–Trinajstić information content (AvgIpc) is 2.71. The molecule has 0 aliphatic heterocycles. The predicted octanol–water partition coefficient (Wildman–Crippen LogP) is 1.24. The third kappa shape index (κ3) is 1.11. The summed E-state index contributed by atoms with van der Waals surface area (Å²) in [6.07, 6.45) is 6.80. The Kier molecular flexibility index (Phi) is 1.56. The van der Waals surface area contributed by atoms with Crippen molar-refractivity contribution in [2.24, 2.45) is 0 Å². The molecule has 0 radical (unpaired) electrons. The van der Waals surface area contributed by atoms with E-state index in [-0.39, 0.29) is 5.56 Å². The van der Waals surface area contributed by atoms with Gasteiger partial charge in [0.25, 0.3) is 5.56 Å². The van der Waals surface area contributed by atoms with Crippen molar-refractivity contribution >= 4 is 16.4 Å². The zero-order valence-corrected chi connectivity index (χ0v) is 7.79. The third-order valence-electron chi connectivity index (χ3n) is 2.38. The van der Waals surface area contributed by atoms with Crippen molar-refractivity contribution in [1.29, 1.82) is 0 Å². The summed E-state index contributed by atoms with van der Waals surface area (Å²) in [5.74, 6) is 0. The third-order valence-corrected chi connectivity index (χ3v) is 2.38. The van der Waals surface area contributed by atoms with E-state index in [1.807, 2.05) is 22.7 Å². The molecule has 3 heterocycles. The highest BCUT2D eigenvalue weighted by Crippen LogP contribution is 2.10. The summed E-state index contributed by atoms with van der Waals surface area (Å²) in [4.78, 5) is 19.5. The SMILES string of the molecule is O=c1ncc2cnccc2n2cccc12. The summed E-state index contributed by atoms with van der Waals surface area (Å²) < 4.78 is 1.83. The Hall–Kier alpha value is -2.23. The van der Waals surface area contributed by atoms with Gasteiger partial charge in [-0.3, -0.25) is 9.78 Å². The largest absolute Gasteiger partial charge is 0.312 e. The van der Waals surface area contributed by atoms with Gasteiger partial charge in [0, 0.05) is 30.2 Å². The summed E-state index contributed by atoms with van der Waals surface area (Å²) in [6, 6.07) is 5.46. The molecule has 0 spiro atoms. The van der Waals surface area contributed by atoms with E-state index in [1.54, 1.807) is 24.7 Å². The molecule has 0 atom stereocenters. The van der Waals surface area contributed by atoms with Crippen LogP contribution in [0, 0.1) is 0 Å². The fourth-order valence-corrected chi connectivity index (χ4v) is 1.68. The van der Waals surface area contributed by atoms with E-state index in [0.717, 1.165) is 10.9 Å². The number of hydrogen-bond donors (Lipinski definition) is 0. The van der Waals surface area contributed by atoms with E-state index in [0.29, 0.717) is 5.52 Å². The molecule has 0 bridgehead atoms. The second kappa shape index (κ2) is 2.88. The van der Waals surface area contributed by atoms with Crippen LogP contribution in [0.15, 0.2) is 47.8 Å². The molecule has 4 heteroatoms. The first kappa shape index (κ1) is 8.11. The van der Waals surface area contributed by atoms with Gasteiger partial charge in [0.05, 0.1) is 5.52 Å². The maximum atomic E-state index is 11.6. The van der Waals surface area contributed by atoms with Gasteiger partial charge in [-0.2, -0.15) is 0 Å². The Labute approximate surface area is 84.8 Å². The summed E-state index contributed by atoms with van der Waals surface area (Å²) >= 11 is 0. The highest BCUT2D eigenvalue weighted by molar-refractivity contribution is 5.78. The minimum atomic E-state index is -0.226. The van der Waals surface area contributed by atoms with Crippen LogP contribution in [-0.2, 0) is 0 Å². The number of fused-ring (bicyclic) bond motifs is 3. The Morgan fingerprint density at radius 1 is 1.13 bits per heavy atom. The molecule has 0 unspecified atom stereocenters. The number of hydrogen-bond acceptors (Lipinski definition) is 3. The molecule has 0 aliphatic carbocycles. The van der Waals surface area contributed by atoms with Gasteiger partial charge < -0.3 is 4.40 Å². The van der Waals surface area contributed by atoms with Crippen LogP contribution in [0.25, 0.3) is 16.4 Å². The first-order chi connectivity index (χ1) is 7.36. The van der Waals surface area contributed by atoms with Gasteiger partial charge in [-0.25, -0.2) is 4.98 Å². The second-order valence-corrected chi connectivity index (χ2v) is 3.26. The van der Waals surface area contributed by atoms with Crippen molar-refractivity contribution in [2.75, 3.05) is 0 Å². The van der Waals surface area contributed by atoms with Crippen molar-refractivity contribution < 1.29 is 0 Å². The number of pyridine rings is 1. The molecule has 0 aliphatic rings. The Bertz CT molecular complexity index is 703. The zero-order valence-electron chi connectivity index (χ0n) is 7.79. The van der Waals surface area contributed by atoms with Gasteiger partial charge in [0.1, 0.15) is 5.52 Å². The molecule has 3 aromatic heterocycles. The van der Waals surface area contributed by atoms with Crippen molar-refractivity contribution in [3.63, 3.8) is 0 Å². The predicted molar refractivity (Wildman–Crippen MR) is 56.8 cm³/mol. The first-order valence-electron chi connectivity index (χ1n) is 4.56. The molecule has 0 aromatic carbocycles. The number of aromatic nitrogens is 3. The number of nitrogens with zero attached hydrogens (tertiary/aromatic N) is 3. The van der Waals surface area contributed by atoms with Crippen LogP contribution in [0.1, 0.15) is 0 Å². The first-order valence-corrected chi connectivity index (χ1v) is 4.56. The zero-order chi connectivity index (χ0) is 10.3. The van der Waals surface area contributed by atoms with Gasteiger partial charge in [-0.1, -0.05) is 0 Å². The molecule has 72 valence electrons. The molecule has 0 N–H and O–H groups in total. The fraction of sp³-hybridized carbons (Fsp3) is 0. The van der Waals surface area contributed by atoms with Crippen LogP contribution < -0.4 is 5.56 Å². The van der Waals surface area contributed by atoms with E-state index in [9.17, 15) is 4.79 Å². The van der Waals surface area contributed by atoms with Crippen LogP contribution in [0.2, 0.25) is 0 Å². The highest BCUT2D eigenvalue weighted by Gasteiger charge is 2.00. The molecule has 0 saturated heterocycles. The van der Waals surface area contributed by atoms with Crippen LogP contribution in [-0.4, -0.2) is 14.4 Å². The summed E-state index contributed by atoms with van der Waals surface area (Å²) in [6.45, 7) is 0. The average molecular weight is 197 g/mol. The molecule has 0 saturated carbocycles. The lowest BCUT2D eigenvalue weighted by Gasteiger charge is -1.93. The van der Waals surface area contributed by atoms with Crippen molar-refractivity contribution in [3.05, 3.63) is 53.3 Å². The highest BCUT2D eigenvalue weighted by atomic mass is 16.1. The Morgan fingerprint density at radius 3 is 3.00 bits per heavy atom. The summed E-state index contributed by atoms with van der Waals surface area (Å²) in [7, 11) is 0. The standard InChI is InChI=1S/C11H7N3O/c15-11-10-2-1-5-14(10)9-3-4-12-6-8(9)7-13-11/h1-7H. The molecule has 0 amide bonds. The summed E-state index contributed by atoms with van der Waals surface area (Å²) in [5.41, 5.74) is 1.28. The van der Waals surface area contributed by atoms with Gasteiger partial charge in [0.15, 0.2) is 0 Å². The lowest BCUT2D eigenvalue weighted by molar-refractivity contribution is 1.23. The number of rotatable bonds is 0. The molecule has 4 nitrogen and oxygen atoms in total. The molecular weight excluding hydrogens is 190 g/mol. The van der Waals surface area contributed by atoms with Gasteiger partial charge >= 0.3 is 0 Å². The molecule has 3 aromatic rings. The lowest BCUT2D eigenvalue weighted by Crippen LogP contribution is -2.02. The van der Waals surface area contributed by atoms with E-state index in [2.05, 4.69) is 9.97 Å². The Morgan fingerprint density at radius 2 is 2.07 bits per heavy atom. The minimum absolute atomic E-state index is 0.226. The normalized spacial score (nSPS) is 10.9. The molecular formula is C11H7N3O. The lowest BCUT2D eigenvalue weighted by atomic mass is 10.3. The second-order valence-electron chi connectivity index (χ2n) is 3.26. The van der Waals surface area contributed by atoms with Crippen LogP contribution in [0.4, 0.5) is 0 Å². The smallest absolute Gasteiger partial charge is 0.293 e. The van der Waals surface area contributed by atoms with Crippen molar-refractivity contribution in [3.8, 4) is 0 Å². The maximum Gasteiger partial charge on any atom is 0.293 e. The van der Waals surface area contributed by atoms with Gasteiger partial charge in [0.2, 0.25) is 0 Å². The quantitative estimate of drug-likeness (QED) is 0.544. The van der Waals surface area contributed by atoms with Gasteiger partial charge in [-0.05, 0) is 18.2 Å². The summed E-state index contributed by atoms with van der Waals surface area (Å²) in [5, 5.41) is 0.848. The van der Waals surface area contributed by atoms with E-state index < -0.39 is 0 Å². The van der Waals surface area contributed by atoms with Crippen molar-refractivity contribution in [1.82, 2.24) is 14.4 Å². The molecule has 0 fully saturated rings. The monoisotopic (exact) mass is 197 g/mol. The topological polar surface area (TPSA) is 47.3 Å². The van der Waals surface area contributed by atoms with E-state index >= 15 is 0 Å². The minimum Gasteiger partial charge on any atom is -0.312 e. The Balaban J connectivity index is 2.75. The van der Waals surface area contributed by atoms with Crippen LogP contribution >= 0.6 is 0 Å². The van der Waals surface area contributed by atoms with E-state index in [4.69, 9.17) is 0 Å². The van der Waals surface area contributed by atoms with Crippen LogP contribution in [0.5, 0.6) is 0 Å². The molecule has 3 rings (SSSR count). The molecule has 15 heavy (non-hydrogen) atoms. The van der Waals surface area contributed by atoms with E-state index in [1.165, 1.54) is 0 Å². The fourth-order valence-electron chi connectivity index (χ4n) is 1.68. The van der Waals surface area contributed by atoms with Gasteiger partial charge in [-0.15, -0.1) is 0 Å². The van der Waals surface area contributed by atoms with Crippen molar-refractivity contribution in [2.45, 2.75) is 0 Å².